The van der Waals surface area contributed by atoms with Gasteiger partial charge in [0.15, 0.2) is 9.84 Å². The molecule has 1 aromatic heterocycles. The van der Waals surface area contributed by atoms with Crippen LogP contribution < -0.4 is 0 Å². The number of rotatable bonds is 1. The molecule has 2 heterocycles. The van der Waals surface area contributed by atoms with E-state index in [0.29, 0.717) is 10.8 Å². The van der Waals surface area contributed by atoms with E-state index in [4.69, 9.17) is 0 Å². The van der Waals surface area contributed by atoms with Crippen molar-refractivity contribution in [3.05, 3.63) is 11.3 Å². The molecule has 0 bridgehead atoms. The van der Waals surface area contributed by atoms with Crippen molar-refractivity contribution in [3.8, 4) is 0 Å². The Hall–Kier alpha value is -0.460. The molecule has 0 aliphatic carbocycles. The van der Waals surface area contributed by atoms with Gasteiger partial charge in [0.1, 0.15) is 4.21 Å². The van der Waals surface area contributed by atoms with Gasteiger partial charge in [-0.1, -0.05) is 0 Å². The summed E-state index contributed by atoms with van der Waals surface area (Å²) in [7, 11) is -1.12. The molecule has 0 unspecified atom stereocenters. The fourth-order valence-electron chi connectivity index (χ4n) is 1.48. The molecule has 13 heavy (non-hydrogen) atoms. The fraction of sp³-hybridized carbons (Fsp3) is 0.571. The van der Waals surface area contributed by atoms with E-state index in [9.17, 15) is 8.42 Å². The Labute approximate surface area is 81.3 Å². The number of nitrogens with zero attached hydrogens (tertiary/aromatic N) is 2. The van der Waals surface area contributed by atoms with E-state index in [1.54, 1.807) is 0 Å². The van der Waals surface area contributed by atoms with Crippen LogP contribution in [0.15, 0.2) is 4.21 Å². The molecule has 0 aromatic carbocycles. The summed E-state index contributed by atoms with van der Waals surface area (Å²) in [6.07, 6.45) is 1.24. The fourth-order valence-corrected chi connectivity index (χ4v) is 3.41. The maximum absolute atomic E-state index is 11.3. The minimum Gasteiger partial charge on any atom is -0.296 e. The van der Waals surface area contributed by atoms with Crippen molar-refractivity contribution >= 4 is 21.4 Å². The first-order valence-electron chi connectivity index (χ1n) is 3.84. The first-order valence-corrected chi connectivity index (χ1v) is 6.51. The Morgan fingerprint density at radius 3 is 2.77 bits per heavy atom. The maximum Gasteiger partial charge on any atom is 0.186 e. The predicted octanol–water partition coefficient (Wildman–Crippen LogP) is 0.492. The van der Waals surface area contributed by atoms with E-state index in [-0.39, 0.29) is 0 Å². The van der Waals surface area contributed by atoms with Crippen molar-refractivity contribution in [2.24, 2.45) is 0 Å². The second-order valence-electron chi connectivity index (χ2n) is 3.34. The summed E-state index contributed by atoms with van der Waals surface area (Å²) in [5.74, 6) is 0. The molecule has 0 atom stereocenters. The highest BCUT2D eigenvalue weighted by molar-refractivity contribution is 7.92. The molecule has 4 nitrogen and oxygen atoms in total. The third-order valence-corrected chi connectivity index (χ3v) is 4.79. The second kappa shape index (κ2) is 2.76. The molecule has 0 spiro atoms. The smallest absolute Gasteiger partial charge is 0.186 e. The van der Waals surface area contributed by atoms with Gasteiger partial charge in [0.05, 0.1) is 5.69 Å². The van der Waals surface area contributed by atoms with Gasteiger partial charge in [0, 0.05) is 24.9 Å². The molecule has 1 aliphatic rings. The molecule has 0 radical (unpaired) electrons. The number of sulfone groups is 1. The van der Waals surface area contributed by atoms with Crippen molar-refractivity contribution in [1.29, 1.82) is 0 Å². The average molecular weight is 218 g/mol. The molecule has 1 aliphatic heterocycles. The van der Waals surface area contributed by atoms with Gasteiger partial charge in [-0.3, -0.25) is 4.90 Å². The largest absolute Gasteiger partial charge is 0.296 e. The third kappa shape index (κ3) is 1.49. The van der Waals surface area contributed by atoms with Gasteiger partial charge in [-0.2, -0.15) is 4.37 Å². The summed E-state index contributed by atoms with van der Waals surface area (Å²) in [5.41, 5.74) is 1.82. The molecule has 6 heteroatoms. The van der Waals surface area contributed by atoms with Crippen LogP contribution in [0.1, 0.15) is 11.3 Å². The summed E-state index contributed by atoms with van der Waals surface area (Å²) >= 11 is 1.10. The lowest BCUT2D eigenvalue weighted by Gasteiger charge is -2.04. The van der Waals surface area contributed by atoms with E-state index >= 15 is 0 Å². The zero-order chi connectivity index (χ0) is 9.64. The highest BCUT2D eigenvalue weighted by atomic mass is 32.2. The lowest BCUT2D eigenvalue weighted by atomic mass is 10.3. The van der Waals surface area contributed by atoms with E-state index in [2.05, 4.69) is 9.27 Å². The Morgan fingerprint density at radius 2 is 2.15 bits per heavy atom. The monoisotopic (exact) mass is 218 g/mol. The van der Waals surface area contributed by atoms with Crippen molar-refractivity contribution in [2.75, 3.05) is 13.3 Å². The topological polar surface area (TPSA) is 50.3 Å². The van der Waals surface area contributed by atoms with Gasteiger partial charge in [-0.15, -0.1) is 0 Å². The minimum atomic E-state index is -3.08. The summed E-state index contributed by atoms with van der Waals surface area (Å²) in [6, 6.07) is 0. The molecule has 0 saturated carbocycles. The molecule has 72 valence electrons. The van der Waals surface area contributed by atoms with Crippen LogP contribution in [-0.4, -0.2) is 31.0 Å². The van der Waals surface area contributed by atoms with Gasteiger partial charge in [-0.05, 0) is 18.6 Å². The highest BCUT2D eigenvalue weighted by Crippen LogP contribution is 2.30. The van der Waals surface area contributed by atoms with E-state index < -0.39 is 9.84 Å². The second-order valence-corrected chi connectivity index (χ2v) is 6.32. The Morgan fingerprint density at radius 1 is 1.46 bits per heavy atom. The molecule has 0 amide bonds. The van der Waals surface area contributed by atoms with E-state index in [0.717, 1.165) is 29.3 Å². The highest BCUT2D eigenvalue weighted by Gasteiger charge is 2.27. The van der Waals surface area contributed by atoms with Crippen LogP contribution >= 0.6 is 11.5 Å². The van der Waals surface area contributed by atoms with Gasteiger partial charge < -0.3 is 0 Å². The molecule has 1 aromatic rings. The van der Waals surface area contributed by atoms with E-state index in [1.165, 1.54) is 6.26 Å². The Balaban J connectivity index is 2.54. The van der Waals surface area contributed by atoms with Gasteiger partial charge in [0.25, 0.3) is 0 Å². The molecule has 2 rings (SSSR count). The average Bonchev–Trinajstić information content (AvgIpc) is 2.41. The van der Waals surface area contributed by atoms with Crippen molar-refractivity contribution in [1.82, 2.24) is 9.27 Å². The SMILES string of the molecule is CN1Cc2nsc(S(C)(=O)=O)c2C1. The quantitative estimate of drug-likeness (QED) is 0.688. The van der Waals surface area contributed by atoms with Crippen LogP contribution in [0.2, 0.25) is 0 Å². The van der Waals surface area contributed by atoms with Crippen LogP contribution in [0.25, 0.3) is 0 Å². The molecular formula is C7H10N2O2S2. The van der Waals surface area contributed by atoms with Gasteiger partial charge in [0.2, 0.25) is 0 Å². The zero-order valence-electron chi connectivity index (χ0n) is 7.44. The van der Waals surface area contributed by atoms with Crippen LogP contribution in [0.3, 0.4) is 0 Å². The van der Waals surface area contributed by atoms with Crippen LogP contribution in [0.4, 0.5) is 0 Å². The van der Waals surface area contributed by atoms with Crippen molar-refractivity contribution < 1.29 is 8.42 Å². The first-order chi connectivity index (χ1) is 5.98. The van der Waals surface area contributed by atoms with Crippen LogP contribution in [0.5, 0.6) is 0 Å². The zero-order valence-corrected chi connectivity index (χ0v) is 9.07. The summed E-state index contributed by atoms with van der Waals surface area (Å²) in [5, 5.41) is 0. The lowest BCUT2D eigenvalue weighted by Crippen LogP contribution is -2.09. The summed E-state index contributed by atoms with van der Waals surface area (Å²) in [6.45, 7) is 1.47. The first kappa shape index (κ1) is 9.11. The number of fused-ring (bicyclic) bond motifs is 1. The number of aromatic nitrogens is 1. The Kier molecular flexibility index (Phi) is 1.94. The number of hydrogen-bond acceptors (Lipinski definition) is 5. The minimum absolute atomic E-state index is 0.437. The van der Waals surface area contributed by atoms with Gasteiger partial charge >= 0.3 is 0 Å². The van der Waals surface area contributed by atoms with Crippen LogP contribution in [-0.2, 0) is 22.9 Å². The Bertz CT molecular complexity index is 435. The van der Waals surface area contributed by atoms with Crippen molar-refractivity contribution in [3.63, 3.8) is 0 Å². The molecular weight excluding hydrogens is 208 g/mol. The van der Waals surface area contributed by atoms with Crippen molar-refractivity contribution in [2.45, 2.75) is 17.3 Å². The molecule has 0 saturated heterocycles. The third-order valence-electron chi connectivity index (χ3n) is 2.02. The summed E-state index contributed by atoms with van der Waals surface area (Å²) in [4.78, 5) is 2.05. The van der Waals surface area contributed by atoms with Crippen LogP contribution in [0, 0.1) is 0 Å². The van der Waals surface area contributed by atoms with Gasteiger partial charge in [-0.25, -0.2) is 8.42 Å². The maximum atomic E-state index is 11.3. The molecule has 0 fully saturated rings. The standard InChI is InChI=1S/C7H10N2O2S2/c1-9-3-5-6(4-9)8-12-7(5)13(2,10)11/h3-4H2,1-2H3. The van der Waals surface area contributed by atoms with E-state index in [1.807, 2.05) is 7.05 Å². The number of hydrogen-bond donors (Lipinski definition) is 0. The molecule has 0 N–H and O–H groups in total. The lowest BCUT2D eigenvalue weighted by molar-refractivity contribution is 0.350. The predicted molar refractivity (Wildman–Crippen MR) is 50.4 cm³/mol. The normalized spacial score (nSPS) is 17.7. The summed E-state index contributed by atoms with van der Waals surface area (Å²) < 4.78 is 27.2.